The summed E-state index contributed by atoms with van der Waals surface area (Å²) in [6, 6.07) is 0. The number of ether oxygens (including phenoxy) is 1. The lowest BCUT2D eigenvalue weighted by Crippen LogP contribution is -2.21. The van der Waals surface area contributed by atoms with Crippen molar-refractivity contribution in [1.82, 2.24) is 5.43 Å². The summed E-state index contributed by atoms with van der Waals surface area (Å²) >= 11 is 0. The van der Waals surface area contributed by atoms with Crippen LogP contribution in [-0.4, -0.2) is 32.0 Å². The van der Waals surface area contributed by atoms with E-state index in [9.17, 15) is 4.79 Å². The molecule has 1 unspecified atom stereocenters. The zero-order valence-electron chi connectivity index (χ0n) is 15.6. The molecular formula is C20H29N3O2. The molecule has 0 heterocycles. The maximum Gasteiger partial charge on any atom is 0.277 e. The summed E-state index contributed by atoms with van der Waals surface area (Å²) in [5, 5.41) is 3.75. The zero-order chi connectivity index (χ0) is 18.9. The molecule has 0 aromatic carbocycles. The number of hydrogen-bond acceptors (Lipinski definition) is 4. The summed E-state index contributed by atoms with van der Waals surface area (Å²) in [7, 11) is 1.74. The van der Waals surface area contributed by atoms with Crippen molar-refractivity contribution in [3.63, 3.8) is 0 Å². The standard InChI is InChI=1S/C20H29N3O2/c1-6-8-13-22-23-20(24)16-25-15-17(3)14-19(10-7-2)18(4)11-9-12-21-5/h6-7,9-15,18H,1,8,16H2,2-5H3,(H,23,24)/b10-7+,11-9-,17-15+,19-14+,21-12?,22-13+. The van der Waals surface area contributed by atoms with E-state index in [1.54, 1.807) is 31.8 Å². The molecule has 0 saturated carbocycles. The van der Waals surface area contributed by atoms with Gasteiger partial charge in [0.1, 0.15) is 0 Å². The van der Waals surface area contributed by atoms with Gasteiger partial charge in [0.2, 0.25) is 0 Å². The molecule has 5 nitrogen and oxygen atoms in total. The van der Waals surface area contributed by atoms with Crippen molar-refractivity contribution in [3.8, 4) is 0 Å². The monoisotopic (exact) mass is 343 g/mol. The van der Waals surface area contributed by atoms with Crippen LogP contribution in [0.25, 0.3) is 0 Å². The maximum absolute atomic E-state index is 11.5. The molecule has 0 spiro atoms. The zero-order valence-corrected chi connectivity index (χ0v) is 15.6. The van der Waals surface area contributed by atoms with Crippen molar-refractivity contribution in [1.29, 1.82) is 0 Å². The molecule has 1 N–H and O–H groups in total. The summed E-state index contributed by atoms with van der Waals surface area (Å²) in [5.74, 6) is -0.0720. The molecule has 0 aromatic heterocycles. The third-order valence-corrected chi connectivity index (χ3v) is 2.95. The first kappa shape index (κ1) is 22.3. The van der Waals surface area contributed by atoms with Crippen LogP contribution in [0.15, 0.2) is 70.5 Å². The third-order valence-electron chi connectivity index (χ3n) is 2.95. The summed E-state index contributed by atoms with van der Waals surface area (Å²) in [5.41, 5.74) is 4.43. The molecule has 0 fully saturated rings. The van der Waals surface area contributed by atoms with Gasteiger partial charge in [-0.3, -0.25) is 9.79 Å². The van der Waals surface area contributed by atoms with Crippen molar-refractivity contribution >= 4 is 18.3 Å². The molecule has 5 heteroatoms. The van der Waals surface area contributed by atoms with Crippen molar-refractivity contribution in [3.05, 3.63) is 60.4 Å². The molecule has 0 aliphatic carbocycles. The van der Waals surface area contributed by atoms with E-state index in [1.807, 2.05) is 32.1 Å². The lowest BCUT2D eigenvalue weighted by atomic mass is 9.98. The van der Waals surface area contributed by atoms with Crippen molar-refractivity contribution < 1.29 is 9.53 Å². The fraction of sp³-hybridized carbons (Fsp3) is 0.350. The van der Waals surface area contributed by atoms with Gasteiger partial charge in [-0.15, -0.1) is 6.58 Å². The lowest BCUT2D eigenvalue weighted by Gasteiger charge is -2.08. The largest absolute Gasteiger partial charge is 0.491 e. The second kappa shape index (κ2) is 14.9. The Hall–Kier alpha value is -2.69. The number of nitrogens with one attached hydrogen (secondary N) is 1. The number of hydrazone groups is 1. The van der Waals surface area contributed by atoms with E-state index >= 15 is 0 Å². The van der Waals surface area contributed by atoms with E-state index < -0.39 is 0 Å². The van der Waals surface area contributed by atoms with Gasteiger partial charge in [0.05, 0.1) is 6.26 Å². The van der Waals surface area contributed by atoms with Gasteiger partial charge in [-0.1, -0.05) is 37.3 Å². The van der Waals surface area contributed by atoms with Gasteiger partial charge in [-0.2, -0.15) is 5.10 Å². The van der Waals surface area contributed by atoms with Gasteiger partial charge in [0.25, 0.3) is 5.91 Å². The average Bonchev–Trinajstić information content (AvgIpc) is 2.58. The van der Waals surface area contributed by atoms with Gasteiger partial charge in [0, 0.05) is 25.9 Å². The predicted octanol–water partition coefficient (Wildman–Crippen LogP) is 3.98. The van der Waals surface area contributed by atoms with Crippen LogP contribution in [0.3, 0.4) is 0 Å². The first-order valence-corrected chi connectivity index (χ1v) is 8.18. The molecule has 0 rings (SSSR count). The van der Waals surface area contributed by atoms with Crippen LogP contribution in [0.1, 0.15) is 27.2 Å². The Morgan fingerprint density at radius 1 is 1.40 bits per heavy atom. The van der Waals surface area contributed by atoms with Crippen LogP contribution in [0.4, 0.5) is 0 Å². The second-order valence-electron chi connectivity index (χ2n) is 5.27. The molecule has 0 radical (unpaired) electrons. The van der Waals surface area contributed by atoms with Crippen molar-refractivity contribution in [2.75, 3.05) is 13.7 Å². The molecule has 0 aromatic rings. The Labute approximate surface area is 151 Å². The molecule has 0 aliphatic rings. The predicted molar refractivity (Wildman–Crippen MR) is 107 cm³/mol. The Kier molecular flexibility index (Phi) is 13.3. The summed E-state index contributed by atoms with van der Waals surface area (Å²) in [6.07, 6.45) is 17.3. The van der Waals surface area contributed by atoms with Gasteiger partial charge in [-0.05, 0) is 37.0 Å². The number of aliphatic imine (C=N–C) groups is 1. The highest BCUT2D eigenvalue weighted by Crippen LogP contribution is 2.16. The van der Waals surface area contributed by atoms with Crippen LogP contribution in [0.2, 0.25) is 0 Å². The minimum absolute atomic E-state index is 0.0853. The number of carbonyl (C=O) groups excluding carboxylic acids is 1. The van der Waals surface area contributed by atoms with E-state index in [2.05, 4.69) is 41.2 Å². The molecule has 1 atom stereocenters. The van der Waals surface area contributed by atoms with E-state index in [4.69, 9.17) is 4.74 Å². The molecule has 0 aliphatic heterocycles. The van der Waals surface area contributed by atoms with Gasteiger partial charge < -0.3 is 4.74 Å². The number of allylic oxidation sites excluding steroid dienone is 8. The Bertz CT molecular complexity index is 582. The number of amides is 1. The average molecular weight is 343 g/mol. The summed E-state index contributed by atoms with van der Waals surface area (Å²) < 4.78 is 5.30. The van der Waals surface area contributed by atoms with Crippen molar-refractivity contribution in [2.24, 2.45) is 16.0 Å². The van der Waals surface area contributed by atoms with Crippen LogP contribution in [-0.2, 0) is 9.53 Å². The molecule has 25 heavy (non-hydrogen) atoms. The quantitative estimate of drug-likeness (QED) is 0.203. The number of rotatable bonds is 11. The Morgan fingerprint density at radius 2 is 2.16 bits per heavy atom. The second-order valence-corrected chi connectivity index (χ2v) is 5.27. The fourth-order valence-corrected chi connectivity index (χ4v) is 1.76. The molecule has 136 valence electrons. The maximum atomic E-state index is 11.5. The summed E-state index contributed by atoms with van der Waals surface area (Å²) in [4.78, 5) is 15.4. The van der Waals surface area contributed by atoms with E-state index in [0.29, 0.717) is 6.42 Å². The van der Waals surface area contributed by atoms with Gasteiger partial charge >= 0.3 is 0 Å². The van der Waals surface area contributed by atoms with Crippen LogP contribution in [0, 0.1) is 5.92 Å². The normalized spacial score (nSPS) is 14.7. The SMILES string of the molecule is C=CC/C=N/NC(=O)CO/C=C(C)/C=C(\C=C\C)C(C)/C=C\C=NC. The first-order valence-electron chi connectivity index (χ1n) is 8.18. The fourth-order valence-electron chi connectivity index (χ4n) is 1.76. The Balaban J connectivity index is 4.67. The van der Waals surface area contributed by atoms with Crippen LogP contribution < -0.4 is 5.43 Å². The minimum atomic E-state index is -0.308. The minimum Gasteiger partial charge on any atom is -0.491 e. The van der Waals surface area contributed by atoms with Crippen molar-refractivity contribution in [2.45, 2.75) is 27.2 Å². The Morgan fingerprint density at radius 3 is 2.80 bits per heavy atom. The number of nitrogens with zero attached hydrogens (tertiary/aromatic N) is 2. The summed E-state index contributed by atoms with van der Waals surface area (Å²) in [6.45, 7) is 9.48. The molecule has 0 bridgehead atoms. The van der Waals surface area contributed by atoms with Gasteiger partial charge in [-0.25, -0.2) is 5.43 Å². The highest BCUT2D eigenvalue weighted by molar-refractivity contribution is 5.78. The van der Waals surface area contributed by atoms with E-state index in [-0.39, 0.29) is 18.4 Å². The number of carbonyl (C=O) groups is 1. The lowest BCUT2D eigenvalue weighted by molar-refractivity contribution is -0.124. The first-order chi connectivity index (χ1) is 12.0. The molecular weight excluding hydrogens is 314 g/mol. The smallest absolute Gasteiger partial charge is 0.277 e. The molecule has 1 amide bonds. The van der Waals surface area contributed by atoms with Gasteiger partial charge in [0.15, 0.2) is 6.61 Å². The number of hydrogen-bond donors (Lipinski definition) is 1. The van der Waals surface area contributed by atoms with Crippen LogP contribution in [0.5, 0.6) is 0 Å². The topological polar surface area (TPSA) is 63.0 Å². The van der Waals surface area contributed by atoms with Crippen LogP contribution >= 0.6 is 0 Å². The third kappa shape index (κ3) is 12.4. The highest BCUT2D eigenvalue weighted by atomic mass is 16.5. The van der Waals surface area contributed by atoms with E-state index in [0.717, 1.165) is 11.1 Å². The molecule has 0 saturated heterocycles. The van der Waals surface area contributed by atoms with E-state index in [1.165, 1.54) is 0 Å². The highest BCUT2D eigenvalue weighted by Gasteiger charge is 2.02.